The van der Waals surface area contributed by atoms with Gasteiger partial charge in [-0.2, -0.15) is 5.10 Å². The van der Waals surface area contributed by atoms with Crippen LogP contribution in [0.25, 0.3) is 22.0 Å². The molecule has 0 saturated carbocycles. The van der Waals surface area contributed by atoms with Crippen molar-refractivity contribution < 1.29 is 9.90 Å². The number of hydrogen-bond donors (Lipinski definition) is 1. The van der Waals surface area contributed by atoms with Crippen molar-refractivity contribution in [3.05, 3.63) is 54.2 Å². The summed E-state index contributed by atoms with van der Waals surface area (Å²) in [4.78, 5) is 11.3. The number of aromatic nitrogens is 2. The number of carbonyl (C=O) groups is 1. The quantitative estimate of drug-likeness (QED) is 0.763. The largest absolute Gasteiger partial charge is 0.478 e. The summed E-state index contributed by atoms with van der Waals surface area (Å²) in [5, 5.41) is 14.5. The Bertz CT molecular complexity index is 775. The smallest absolute Gasteiger partial charge is 0.336 e. The molecule has 0 aliphatic carbocycles. The van der Waals surface area contributed by atoms with E-state index in [0.717, 1.165) is 22.0 Å². The second kappa shape index (κ2) is 4.24. The fourth-order valence-corrected chi connectivity index (χ4v) is 2.23. The molecule has 0 amide bonds. The van der Waals surface area contributed by atoms with Crippen LogP contribution in [0.15, 0.2) is 48.7 Å². The lowest BCUT2D eigenvalue weighted by Crippen LogP contribution is -1.99. The molecule has 2 aromatic carbocycles. The summed E-state index contributed by atoms with van der Waals surface area (Å²) in [6.07, 6.45) is 1.79. The predicted molar refractivity (Wildman–Crippen MR) is 73.1 cm³/mol. The van der Waals surface area contributed by atoms with Gasteiger partial charge in [0.2, 0.25) is 0 Å². The van der Waals surface area contributed by atoms with Gasteiger partial charge in [0.25, 0.3) is 0 Å². The summed E-state index contributed by atoms with van der Waals surface area (Å²) < 4.78 is 1.78. The Morgan fingerprint density at radius 3 is 2.79 bits per heavy atom. The van der Waals surface area contributed by atoms with Crippen molar-refractivity contribution in [2.45, 2.75) is 0 Å². The first-order chi connectivity index (χ1) is 9.16. The second-order valence-corrected chi connectivity index (χ2v) is 4.39. The Balaban J connectivity index is 2.24. The molecule has 4 heteroatoms. The molecule has 4 nitrogen and oxygen atoms in total. The molecular formula is C15H12N2O2. The molecule has 1 heterocycles. The molecule has 0 radical (unpaired) electrons. The highest BCUT2D eigenvalue weighted by Crippen LogP contribution is 2.27. The van der Waals surface area contributed by atoms with Crippen LogP contribution in [-0.2, 0) is 7.05 Å². The zero-order valence-corrected chi connectivity index (χ0v) is 10.4. The van der Waals surface area contributed by atoms with E-state index >= 15 is 0 Å². The summed E-state index contributed by atoms with van der Waals surface area (Å²) >= 11 is 0. The number of nitrogens with zero attached hydrogens (tertiary/aromatic N) is 2. The van der Waals surface area contributed by atoms with Crippen LogP contribution in [0.1, 0.15) is 10.4 Å². The van der Waals surface area contributed by atoms with E-state index < -0.39 is 5.97 Å². The highest BCUT2D eigenvalue weighted by atomic mass is 16.4. The molecule has 0 saturated heterocycles. The number of rotatable bonds is 2. The average molecular weight is 252 g/mol. The second-order valence-electron chi connectivity index (χ2n) is 4.39. The number of carboxylic acid groups (broad SMARTS) is 1. The lowest BCUT2D eigenvalue weighted by atomic mass is 9.99. The minimum atomic E-state index is -0.916. The van der Waals surface area contributed by atoms with Gasteiger partial charge in [-0.3, -0.25) is 4.68 Å². The average Bonchev–Trinajstić information content (AvgIpc) is 2.80. The zero-order valence-electron chi connectivity index (χ0n) is 10.4. The molecule has 94 valence electrons. The molecule has 0 spiro atoms. The maximum absolute atomic E-state index is 11.3. The summed E-state index contributed by atoms with van der Waals surface area (Å²) in [6, 6.07) is 12.9. The van der Waals surface area contributed by atoms with Crippen molar-refractivity contribution >= 4 is 16.9 Å². The lowest BCUT2D eigenvalue weighted by Gasteiger charge is -2.06. The topological polar surface area (TPSA) is 55.1 Å². The van der Waals surface area contributed by atoms with E-state index in [4.69, 9.17) is 0 Å². The fraction of sp³-hybridized carbons (Fsp3) is 0.0667. The summed E-state index contributed by atoms with van der Waals surface area (Å²) in [7, 11) is 1.87. The normalized spacial score (nSPS) is 10.8. The fourth-order valence-electron chi connectivity index (χ4n) is 2.23. The van der Waals surface area contributed by atoms with Crippen LogP contribution in [0.5, 0.6) is 0 Å². The summed E-state index contributed by atoms with van der Waals surface area (Å²) in [5.74, 6) is -0.916. The SMILES string of the molecule is Cn1ncc2ccc(-c3ccccc3C(=O)O)cc21. The highest BCUT2D eigenvalue weighted by molar-refractivity contribution is 5.97. The van der Waals surface area contributed by atoms with Crippen LogP contribution in [-0.4, -0.2) is 20.9 Å². The molecule has 0 atom stereocenters. The number of benzene rings is 2. The van der Waals surface area contributed by atoms with Crippen LogP contribution >= 0.6 is 0 Å². The van der Waals surface area contributed by atoms with Crippen LogP contribution < -0.4 is 0 Å². The number of fused-ring (bicyclic) bond motifs is 1. The molecular weight excluding hydrogens is 240 g/mol. The maximum atomic E-state index is 11.3. The third-order valence-electron chi connectivity index (χ3n) is 3.22. The Hall–Kier alpha value is -2.62. The first kappa shape index (κ1) is 11.5. The van der Waals surface area contributed by atoms with E-state index in [2.05, 4.69) is 5.10 Å². The molecule has 1 N–H and O–H groups in total. The van der Waals surface area contributed by atoms with Gasteiger partial charge in [-0.25, -0.2) is 4.79 Å². The van der Waals surface area contributed by atoms with Crippen molar-refractivity contribution in [1.29, 1.82) is 0 Å². The van der Waals surface area contributed by atoms with Gasteiger partial charge in [0.15, 0.2) is 0 Å². The van der Waals surface area contributed by atoms with Crippen LogP contribution in [0.4, 0.5) is 0 Å². The number of hydrogen-bond acceptors (Lipinski definition) is 2. The highest BCUT2D eigenvalue weighted by Gasteiger charge is 2.11. The van der Waals surface area contributed by atoms with E-state index in [1.807, 2.05) is 37.4 Å². The Morgan fingerprint density at radius 2 is 2.00 bits per heavy atom. The Morgan fingerprint density at radius 1 is 1.21 bits per heavy atom. The van der Waals surface area contributed by atoms with Crippen molar-refractivity contribution in [1.82, 2.24) is 9.78 Å². The monoisotopic (exact) mass is 252 g/mol. The Labute approximate surface area is 109 Å². The minimum absolute atomic E-state index is 0.309. The third kappa shape index (κ3) is 1.87. The molecule has 3 rings (SSSR count). The molecule has 0 aliphatic heterocycles. The van der Waals surface area contributed by atoms with E-state index in [1.165, 1.54) is 0 Å². The number of aryl methyl sites for hydroxylation is 1. The van der Waals surface area contributed by atoms with Gasteiger partial charge in [-0.15, -0.1) is 0 Å². The van der Waals surface area contributed by atoms with Crippen molar-refractivity contribution in [3.8, 4) is 11.1 Å². The molecule has 0 bridgehead atoms. The predicted octanol–water partition coefficient (Wildman–Crippen LogP) is 2.94. The van der Waals surface area contributed by atoms with Gasteiger partial charge in [0.05, 0.1) is 17.3 Å². The first-order valence-electron chi connectivity index (χ1n) is 5.91. The van der Waals surface area contributed by atoms with Gasteiger partial charge < -0.3 is 5.11 Å². The van der Waals surface area contributed by atoms with Crippen LogP contribution in [0.3, 0.4) is 0 Å². The van der Waals surface area contributed by atoms with E-state index in [1.54, 1.807) is 23.0 Å². The number of carboxylic acids is 1. The summed E-state index contributed by atoms with van der Waals surface area (Å²) in [5.41, 5.74) is 2.90. The Kier molecular flexibility index (Phi) is 2.56. The van der Waals surface area contributed by atoms with Crippen LogP contribution in [0.2, 0.25) is 0 Å². The van der Waals surface area contributed by atoms with Gasteiger partial charge in [-0.05, 0) is 23.3 Å². The third-order valence-corrected chi connectivity index (χ3v) is 3.22. The minimum Gasteiger partial charge on any atom is -0.478 e. The van der Waals surface area contributed by atoms with Gasteiger partial charge in [0.1, 0.15) is 0 Å². The van der Waals surface area contributed by atoms with E-state index in [0.29, 0.717) is 5.56 Å². The van der Waals surface area contributed by atoms with Crippen molar-refractivity contribution in [2.75, 3.05) is 0 Å². The number of aromatic carboxylic acids is 1. The standard InChI is InChI=1S/C15H12N2O2/c1-17-14-8-10(6-7-11(14)9-16-17)12-4-2-3-5-13(12)15(18)19/h2-9H,1H3,(H,18,19). The molecule has 19 heavy (non-hydrogen) atoms. The molecule has 1 aromatic heterocycles. The lowest BCUT2D eigenvalue weighted by molar-refractivity contribution is 0.0697. The van der Waals surface area contributed by atoms with E-state index in [-0.39, 0.29) is 0 Å². The summed E-state index contributed by atoms with van der Waals surface area (Å²) in [6.45, 7) is 0. The molecule has 0 unspecified atom stereocenters. The van der Waals surface area contributed by atoms with Gasteiger partial charge in [0, 0.05) is 12.4 Å². The zero-order chi connectivity index (χ0) is 13.4. The van der Waals surface area contributed by atoms with Gasteiger partial charge >= 0.3 is 5.97 Å². The van der Waals surface area contributed by atoms with Crippen molar-refractivity contribution in [3.63, 3.8) is 0 Å². The van der Waals surface area contributed by atoms with E-state index in [9.17, 15) is 9.90 Å². The molecule has 3 aromatic rings. The van der Waals surface area contributed by atoms with Crippen LogP contribution in [0, 0.1) is 0 Å². The first-order valence-corrected chi connectivity index (χ1v) is 5.91. The van der Waals surface area contributed by atoms with Gasteiger partial charge in [-0.1, -0.05) is 30.3 Å². The molecule has 0 aliphatic rings. The van der Waals surface area contributed by atoms with Crippen molar-refractivity contribution in [2.24, 2.45) is 7.05 Å². The maximum Gasteiger partial charge on any atom is 0.336 e. The molecule has 0 fully saturated rings.